The highest BCUT2D eigenvalue weighted by Gasteiger charge is 2.02. The van der Waals surface area contributed by atoms with Crippen LogP contribution >= 0.6 is 0 Å². The third-order valence-electron chi connectivity index (χ3n) is 2.54. The van der Waals surface area contributed by atoms with E-state index in [4.69, 9.17) is 10.8 Å². The molecule has 0 saturated carbocycles. The van der Waals surface area contributed by atoms with Crippen molar-refractivity contribution in [2.45, 2.75) is 19.3 Å². The van der Waals surface area contributed by atoms with Crippen LogP contribution in [-0.2, 0) is 11.2 Å². The molecule has 0 aliphatic heterocycles. The Hall–Kier alpha value is -1.88. The molecule has 18 heavy (non-hydrogen) atoms. The van der Waals surface area contributed by atoms with Crippen molar-refractivity contribution in [3.63, 3.8) is 0 Å². The van der Waals surface area contributed by atoms with Gasteiger partial charge in [0, 0.05) is 13.0 Å². The first-order valence-corrected chi connectivity index (χ1v) is 5.92. The van der Waals surface area contributed by atoms with E-state index in [0.717, 1.165) is 5.56 Å². The topological polar surface area (TPSA) is 92.4 Å². The number of hydrogen-bond donors (Lipinski definition) is 3. The number of carbonyl (C=O) groups is 2. The average molecular weight is 250 g/mol. The van der Waals surface area contributed by atoms with Gasteiger partial charge < -0.3 is 16.2 Å². The molecule has 0 fully saturated rings. The van der Waals surface area contributed by atoms with Crippen molar-refractivity contribution in [1.82, 2.24) is 5.32 Å². The van der Waals surface area contributed by atoms with Gasteiger partial charge in [0.1, 0.15) is 0 Å². The zero-order valence-electron chi connectivity index (χ0n) is 10.2. The van der Waals surface area contributed by atoms with Crippen LogP contribution in [0.2, 0.25) is 0 Å². The molecule has 0 aliphatic carbocycles. The molecule has 1 aromatic rings. The van der Waals surface area contributed by atoms with E-state index in [1.54, 1.807) is 24.3 Å². The first-order chi connectivity index (χ1) is 8.63. The van der Waals surface area contributed by atoms with Crippen molar-refractivity contribution in [2.24, 2.45) is 5.73 Å². The van der Waals surface area contributed by atoms with Crippen LogP contribution in [0.5, 0.6) is 0 Å². The Balaban J connectivity index is 2.31. The average Bonchev–Trinajstić information content (AvgIpc) is 2.37. The van der Waals surface area contributed by atoms with Gasteiger partial charge in [-0.1, -0.05) is 12.1 Å². The number of carbonyl (C=O) groups excluding carboxylic acids is 1. The third kappa shape index (κ3) is 4.97. The van der Waals surface area contributed by atoms with E-state index in [2.05, 4.69) is 5.32 Å². The Morgan fingerprint density at radius 3 is 2.44 bits per heavy atom. The molecule has 0 heterocycles. The van der Waals surface area contributed by atoms with E-state index < -0.39 is 5.97 Å². The van der Waals surface area contributed by atoms with Gasteiger partial charge in [-0.05, 0) is 37.1 Å². The first kappa shape index (κ1) is 14.2. The first-order valence-electron chi connectivity index (χ1n) is 5.92. The summed E-state index contributed by atoms with van der Waals surface area (Å²) in [4.78, 5) is 21.9. The summed E-state index contributed by atoms with van der Waals surface area (Å²) in [6.07, 6.45) is 1.84. The minimum atomic E-state index is -0.934. The van der Waals surface area contributed by atoms with Crippen molar-refractivity contribution in [1.29, 1.82) is 0 Å². The van der Waals surface area contributed by atoms with Crippen molar-refractivity contribution in [3.8, 4) is 0 Å². The Bertz CT molecular complexity index is 401. The lowest BCUT2D eigenvalue weighted by atomic mass is 10.1. The van der Waals surface area contributed by atoms with Gasteiger partial charge in [0.05, 0.1) is 5.56 Å². The fourth-order valence-electron chi connectivity index (χ4n) is 1.51. The second-order valence-electron chi connectivity index (χ2n) is 3.99. The molecule has 1 rings (SSSR count). The van der Waals surface area contributed by atoms with Crippen molar-refractivity contribution in [3.05, 3.63) is 35.4 Å². The van der Waals surface area contributed by atoms with Crippen LogP contribution in [0.15, 0.2) is 24.3 Å². The summed E-state index contributed by atoms with van der Waals surface area (Å²) in [7, 11) is 0. The molecule has 0 bridgehead atoms. The number of amides is 1. The van der Waals surface area contributed by atoms with Crippen LogP contribution in [0.3, 0.4) is 0 Å². The molecule has 0 spiro atoms. The standard InChI is InChI=1S/C13H18N2O3/c14-8-1-2-12(16)15-9-7-10-3-5-11(6-4-10)13(17)18/h3-6H,1-2,7-9,14H2,(H,15,16)(H,17,18). The van der Waals surface area contributed by atoms with E-state index in [1.165, 1.54) is 0 Å². The van der Waals surface area contributed by atoms with E-state index >= 15 is 0 Å². The fourth-order valence-corrected chi connectivity index (χ4v) is 1.51. The molecule has 0 aliphatic rings. The van der Waals surface area contributed by atoms with E-state index in [-0.39, 0.29) is 11.5 Å². The van der Waals surface area contributed by atoms with Crippen LogP contribution in [0, 0.1) is 0 Å². The predicted molar refractivity (Wildman–Crippen MR) is 68.4 cm³/mol. The molecule has 1 amide bonds. The number of rotatable bonds is 7. The summed E-state index contributed by atoms with van der Waals surface area (Å²) in [5, 5.41) is 11.5. The highest BCUT2D eigenvalue weighted by Crippen LogP contribution is 2.04. The number of hydrogen-bond acceptors (Lipinski definition) is 3. The van der Waals surface area contributed by atoms with Crippen molar-refractivity contribution < 1.29 is 14.7 Å². The molecule has 0 radical (unpaired) electrons. The second-order valence-corrected chi connectivity index (χ2v) is 3.99. The Morgan fingerprint density at radius 1 is 1.22 bits per heavy atom. The quantitative estimate of drug-likeness (QED) is 0.667. The van der Waals surface area contributed by atoms with E-state index in [1.807, 2.05) is 0 Å². The fraction of sp³-hybridized carbons (Fsp3) is 0.385. The van der Waals surface area contributed by atoms with E-state index in [9.17, 15) is 9.59 Å². The Labute approximate surface area is 106 Å². The number of aromatic carboxylic acids is 1. The molecule has 5 heteroatoms. The summed E-state index contributed by atoms with van der Waals surface area (Å²) in [5.74, 6) is -0.931. The molecule has 5 nitrogen and oxygen atoms in total. The van der Waals surface area contributed by atoms with Gasteiger partial charge in [-0.3, -0.25) is 4.79 Å². The largest absolute Gasteiger partial charge is 0.478 e. The van der Waals surface area contributed by atoms with Crippen LogP contribution in [0.1, 0.15) is 28.8 Å². The number of carboxylic acid groups (broad SMARTS) is 1. The van der Waals surface area contributed by atoms with Crippen molar-refractivity contribution in [2.75, 3.05) is 13.1 Å². The SMILES string of the molecule is NCCCC(=O)NCCc1ccc(C(=O)O)cc1. The maximum atomic E-state index is 11.3. The molecule has 98 valence electrons. The van der Waals surface area contributed by atoms with Gasteiger partial charge in [0.25, 0.3) is 0 Å². The molecule has 0 atom stereocenters. The maximum absolute atomic E-state index is 11.3. The summed E-state index contributed by atoms with van der Waals surface area (Å²) in [6, 6.07) is 6.65. The van der Waals surface area contributed by atoms with Gasteiger partial charge in [0.2, 0.25) is 5.91 Å². The Morgan fingerprint density at radius 2 is 1.89 bits per heavy atom. The van der Waals surface area contributed by atoms with Gasteiger partial charge in [-0.25, -0.2) is 4.79 Å². The van der Waals surface area contributed by atoms with Crippen LogP contribution in [0.4, 0.5) is 0 Å². The molecule has 1 aromatic carbocycles. The lowest BCUT2D eigenvalue weighted by Crippen LogP contribution is -2.25. The number of nitrogens with one attached hydrogen (secondary N) is 1. The smallest absolute Gasteiger partial charge is 0.335 e. The molecule has 0 aromatic heterocycles. The predicted octanol–water partition coefficient (Wildman–Crippen LogP) is 0.782. The maximum Gasteiger partial charge on any atom is 0.335 e. The van der Waals surface area contributed by atoms with E-state index in [0.29, 0.717) is 32.4 Å². The van der Waals surface area contributed by atoms with Gasteiger partial charge in [-0.2, -0.15) is 0 Å². The zero-order chi connectivity index (χ0) is 13.4. The number of benzene rings is 1. The lowest BCUT2D eigenvalue weighted by Gasteiger charge is -2.05. The van der Waals surface area contributed by atoms with Crippen LogP contribution in [-0.4, -0.2) is 30.1 Å². The third-order valence-corrected chi connectivity index (χ3v) is 2.54. The monoisotopic (exact) mass is 250 g/mol. The Kier molecular flexibility index (Phi) is 5.87. The molecule has 0 unspecified atom stereocenters. The molecule has 0 saturated heterocycles. The summed E-state index contributed by atoms with van der Waals surface area (Å²) in [6.45, 7) is 1.07. The zero-order valence-corrected chi connectivity index (χ0v) is 10.2. The highest BCUT2D eigenvalue weighted by atomic mass is 16.4. The van der Waals surface area contributed by atoms with Gasteiger partial charge in [0.15, 0.2) is 0 Å². The molecular weight excluding hydrogens is 232 g/mol. The second kappa shape index (κ2) is 7.45. The summed E-state index contributed by atoms with van der Waals surface area (Å²) in [5.41, 5.74) is 6.58. The van der Waals surface area contributed by atoms with Crippen molar-refractivity contribution >= 4 is 11.9 Å². The normalized spacial score (nSPS) is 10.1. The lowest BCUT2D eigenvalue weighted by molar-refractivity contribution is -0.121. The number of carboxylic acids is 1. The minimum Gasteiger partial charge on any atom is -0.478 e. The summed E-state index contributed by atoms with van der Waals surface area (Å²) >= 11 is 0. The molecular formula is C13H18N2O3. The van der Waals surface area contributed by atoms with Crippen LogP contribution < -0.4 is 11.1 Å². The van der Waals surface area contributed by atoms with Crippen LogP contribution in [0.25, 0.3) is 0 Å². The number of nitrogens with two attached hydrogens (primary N) is 1. The minimum absolute atomic E-state index is 0.00241. The highest BCUT2D eigenvalue weighted by molar-refractivity contribution is 5.87. The molecule has 4 N–H and O–H groups in total. The summed E-state index contributed by atoms with van der Waals surface area (Å²) < 4.78 is 0. The van der Waals surface area contributed by atoms with Gasteiger partial charge >= 0.3 is 5.97 Å². The van der Waals surface area contributed by atoms with Gasteiger partial charge in [-0.15, -0.1) is 0 Å².